The standard InChI is InChI=1S/C29H30F2N4O5S/c1-18-15-35(19(2)17-36)41(38,39)28-11-8-22(21-6-4-20(14-32)5-7-21)12-26(28)40-27(18)16-34(3)29(37)33-25-13-23(30)9-10-24(25)31/h4-13,18-19,27,36H,15-17H2,1-3H3,(H,33,37)/t18-,19+,27+/m1/s1. The first kappa shape index (κ1) is 29.9. The second-order valence-corrected chi connectivity index (χ2v) is 11.9. The number of benzene rings is 3. The summed E-state index contributed by atoms with van der Waals surface area (Å²) < 4.78 is 62.6. The van der Waals surface area contributed by atoms with Gasteiger partial charge < -0.3 is 20.1 Å². The Bertz CT molecular complexity index is 1580. The number of carbonyl (C=O) groups excluding carboxylic acids is 1. The number of aliphatic hydroxyl groups is 1. The molecule has 41 heavy (non-hydrogen) atoms. The summed E-state index contributed by atoms with van der Waals surface area (Å²) in [6, 6.07) is 14.8. The number of anilines is 1. The van der Waals surface area contributed by atoms with Crippen LogP contribution in [0.5, 0.6) is 5.75 Å². The normalized spacial score (nSPS) is 19.0. The Morgan fingerprint density at radius 3 is 2.51 bits per heavy atom. The zero-order valence-electron chi connectivity index (χ0n) is 22.7. The van der Waals surface area contributed by atoms with Gasteiger partial charge in [0.05, 0.1) is 30.5 Å². The zero-order chi connectivity index (χ0) is 29.9. The zero-order valence-corrected chi connectivity index (χ0v) is 23.5. The molecule has 0 saturated heterocycles. The molecule has 0 fully saturated rings. The maximum atomic E-state index is 14.1. The monoisotopic (exact) mass is 584 g/mol. The number of ether oxygens (including phenoxy) is 1. The lowest BCUT2D eigenvalue weighted by Crippen LogP contribution is -2.50. The molecule has 0 bridgehead atoms. The van der Waals surface area contributed by atoms with Gasteiger partial charge in [-0.2, -0.15) is 9.57 Å². The summed E-state index contributed by atoms with van der Waals surface area (Å²) in [5, 5.41) is 21.3. The van der Waals surface area contributed by atoms with E-state index in [0.717, 1.165) is 23.8 Å². The number of likely N-dealkylation sites (N-methyl/N-ethyl adjacent to an activating group) is 1. The minimum Gasteiger partial charge on any atom is -0.487 e. The lowest BCUT2D eigenvalue weighted by Gasteiger charge is -2.37. The van der Waals surface area contributed by atoms with Gasteiger partial charge in [-0.25, -0.2) is 22.0 Å². The number of sulfonamides is 1. The van der Waals surface area contributed by atoms with Crippen LogP contribution >= 0.6 is 0 Å². The largest absolute Gasteiger partial charge is 0.487 e. The SMILES string of the molecule is C[C@@H]1CN([C@@H](C)CO)S(=O)(=O)c2ccc(-c3ccc(C#N)cc3)cc2O[C@H]1CN(C)C(=O)Nc1cc(F)ccc1F. The van der Waals surface area contributed by atoms with Crippen molar-refractivity contribution in [2.45, 2.75) is 30.9 Å². The number of carbonyl (C=O) groups is 1. The molecule has 2 amide bonds. The second kappa shape index (κ2) is 12.2. The minimum atomic E-state index is -4.08. The van der Waals surface area contributed by atoms with Gasteiger partial charge in [-0.15, -0.1) is 0 Å². The molecule has 1 heterocycles. The van der Waals surface area contributed by atoms with E-state index in [1.807, 2.05) is 0 Å². The van der Waals surface area contributed by atoms with Gasteiger partial charge in [-0.1, -0.05) is 25.1 Å². The Hall–Kier alpha value is -4.05. The van der Waals surface area contributed by atoms with Crippen LogP contribution in [-0.2, 0) is 10.0 Å². The van der Waals surface area contributed by atoms with E-state index >= 15 is 0 Å². The maximum absolute atomic E-state index is 14.1. The molecule has 0 unspecified atom stereocenters. The third-order valence-electron chi connectivity index (χ3n) is 6.98. The summed E-state index contributed by atoms with van der Waals surface area (Å²) in [5.74, 6) is -1.91. The number of nitrogens with zero attached hydrogens (tertiary/aromatic N) is 3. The molecule has 1 aliphatic heterocycles. The molecular weight excluding hydrogens is 554 g/mol. The predicted octanol–water partition coefficient (Wildman–Crippen LogP) is 4.44. The fourth-order valence-electron chi connectivity index (χ4n) is 4.52. The summed E-state index contributed by atoms with van der Waals surface area (Å²) >= 11 is 0. The van der Waals surface area contributed by atoms with E-state index in [4.69, 9.17) is 10.00 Å². The van der Waals surface area contributed by atoms with Gasteiger partial charge in [0, 0.05) is 31.6 Å². The van der Waals surface area contributed by atoms with E-state index in [9.17, 15) is 27.1 Å². The van der Waals surface area contributed by atoms with Crippen LogP contribution in [0.15, 0.2) is 65.6 Å². The highest BCUT2D eigenvalue weighted by Crippen LogP contribution is 2.36. The number of nitrogens with one attached hydrogen (secondary N) is 1. The molecule has 1 aliphatic rings. The minimum absolute atomic E-state index is 0.000473. The summed E-state index contributed by atoms with van der Waals surface area (Å²) in [6.45, 7) is 2.94. The van der Waals surface area contributed by atoms with Crippen molar-refractivity contribution in [3.05, 3.63) is 77.9 Å². The smallest absolute Gasteiger partial charge is 0.321 e. The second-order valence-electron chi connectivity index (χ2n) is 10.0. The first-order chi connectivity index (χ1) is 19.4. The fraction of sp³-hybridized carbons (Fsp3) is 0.310. The Morgan fingerprint density at radius 2 is 1.85 bits per heavy atom. The molecular formula is C29H30F2N4O5S. The molecule has 216 valence electrons. The maximum Gasteiger partial charge on any atom is 0.321 e. The predicted molar refractivity (Wildman–Crippen MR) is 149 cm³/mol. The van der Waals surface area contributed by atoms with Crippen LogP contribution in [0, 0.1) is 28.9 Å². The highest BCUT2D eigenvalue weighted by Gasteiger charge is 2.38. The van der Waals surface area contributed by atoms with Gasteiger partial charge in [0.2, 0.25) is 10.0 Å². The van der Waals surface area contributed by atoms with Gasteiger partial charge in [0.1, 0.15) is 28.4 Å². The van der Waals surface area contributed by atoms with Crippen molar-refractivity contribution in [3.63, 3.8) is 0 Å². The van der Waals surface area contributed by atoms with Crippen LogP contribution in [0.3, 0.4) is 0 Å². The highest BCUT2D eigenvalue weighted by atomic mass is 32.2. The number of halogens is 2. The van der Waals surface area contributed by atoms with E-state index in [2.05, 4.69) is 11.4 Å². The molecule has 0 aliphatic carbocycles. The fourth-order valence-corrected chi connectivity index (χ4v) is 6.34. The molecule has 4 rings (SSSR count). The molecule has 9 nitrogen and oxygen atoms in total. The highest BCUT2D eigenvalue weighted by molar-refractivity contribution is 7.89. The Balaban J connectivity index is 1.69. The van der Waals surface area contributed by atoms with Crippen LogP contribution in [-0.4, -0.2) is 67.7 Å². The first-order valence-corrected chi connectivity index (χ1v) is 14.3. The number of hydrogen-bond donors (Lipinski definition) is 2. The van der Waals surface area contributed by atoms with Gasteiger partial charge in [0.15, 0.2) is 0 Å². The van der Waals surface area contributed by atoms with Crippen molar-refractivity contribution >= 4 is 21.7 Å². The van der Waals surface area contributed by atoms with Crippen molar-refractivity contribution in [1.82, 2.24) is 9.21 Å². The van der Waals surface area contributed by atoms with Crippen molar-refractivity contribution < 1.29 is 31.8 Å². The van der Waals surface area contributed by atoms with E-state index in [1.165, 1.54) is 22.3 Å². The quantitative estimate of drug-likeness (QED) is 0.442. The van der Waals surface area contributed by atoms with Gasteiger partial charge in [-0.3, -0.25) is 0 Å². The van der Waals surface area contributed by atoms with E-state index in [-0.39, 0.29) is 29.4 Å². The number of aliphatic hydroxyl groups excluding tert-OH is 1. The van der Waals surface area contributed by atoms with Gasteiger partial charge in [0.25, 0.3) is 0 Å². The number of hydrogen-bond acceptors (Lipinski definition) is 6. The van der Waals surface area contributed by atoms with Crippen LogP contribution in [0.1, 0.15) is 19.4 Å². The first-order valence-electron chi connectivity index (χ1n) is 12.9. The summed E-state index contributed by atoms with van der Waals surface area (Å²) in [4.78, 5) is 14.0. The molecule has 2 N–H and O–H groups in total. The molecule has 3 aromatic rings. The van der Waals surface area contributed by atoms with Crippen molar-refractivity contribution in [2.24, 2.45) is 5.92 Å². The van der Waals surface area contributed by atoms with Crippen LogP contribution in [0.4, 0.5) is 19.3 Å². The van der Waals surface area contributed by atoms with E-state index in [1.54, 1.807) is 50.2 Å². The van der Waals surface area contributed by atoms with Crippen LogP contribution in [0.25, 0.3) is 11.1 Å². The summed E-state index contributed by atoms with van der Waals surface area (Å²) in [6.07, 6.45) is -0.720. The van der Waals surface area contributed by atoms with Gasteiger partial charge >= 0.3 is 6.03 Å². The average molecular weight is 585 g/mol. The Morgan fingerprint density at radius 1 is 1.17 bits per heavy atom. The van der Waals surface area contributed by atoms with Crippen LogP contribution < -0.4 is 10.1 Å². The number of amides is 2. The van der Waals surface area contributed by atoms with Gasteiger partial charge in [-0.05, 0) is 54.4 Å². The third-order valence-corrected chi connectivity index (χ3v) is 9.00. The van der Waals surface area contributed by atoms with Crippen molar-refractivity contribution in [3.8, 4) is 22.9 Å². The average Bonchev–Trinajstić information content (AvgIpc) is 2.96. The number of nitriles is 1. The molecule has 0 saturated carbocycles. The number of urea groups is 1. The van der Waals surface area contributed by atoms with E-state index < -0.39 is 52.4 Å². The molecule has 3 atom stereocenters. The Kier molecular flexibility index (Phi) is 8.92. The Labute approximate surface area is 237 Å². The molecule has 3 aromatic carbocycles. The topological polar surface area (TPSA) is 123 Å². The summed E-state index contributed by atoms with van der Waals surface area (Å²) in [7, 11) is -2.62. The lowest BCUT2D eigenvalue weighted by atomic mass is 10.0. The third kappa shape index (κ3) is 6.48. The molecule has 0 aromatic heterocycles. The lowest BCUT2D eigenvalue weighted by molar-refractivity contribution is 0.0830. The molecule has 12 heteroatoms. The van der Waals surface area contributed by atoms with Crippen molar-refractivity contribution in [1.29, 1.82) is 5.26 Å². The van der Waals surface area contributed by atoms with Crippen molar-refractivity contribution in [2.75, 3.05) is 32.1 Å². The number of fused-ring (bicyclic) bond motifs is 1. The number of rotatable bonds is 6. The molecule has 0 radical (unpaired) electrons. The van der Waals surface area contributed by atoms with E-state index in [0.29, 0.717) is 11.1 Å². The van der Waals surface area contributed by atoms with Crippen LogP contribution in [0.2, 0.25) is 0 Å². The molecule has 0 spiro atoms. The summed E-state index contributed by atoms with van der Waals surface area (Å²) in [5.41, 5.74) is 1.53.